The third kappa shape index (κ3) is 3.95. The van der Waals surface area contributed by atoms with Gasteiger partial charge >= 0.3 is 0 Å². The van der Waals surface area contributed by atoms with E-state index < -0.39 is 0 Å². The molecule has 3 rings (SSSR count). The standard InChI is InChI=1S/C18H18ClN3O2S2/c1-3-8-22-17(24)16-14(7-9-25-16)21-18(22)26-10-15(23)20-13-6-4-5-12(19)11(13)2/h4-7,9H,3,8,10H2,1-2H3,(H,20,23). The van der Waals surface area contributed by atoms with Crippen LogP contribution in [0, 0.1) is 6.92 Å². The lowest BCUT2D eigenvalue weighted by atomic mass is 10.2. The van der Waals surface area contributed by atoms with E-state index >= 15 is 0 Å². The SMILES string of the molecule is CCCn1c(SCC(=O)Nc2cccc(Cl)c2C)nc2ccsc2c1=O. The molecule has 26 heavy (non-hydrogen) atoms. The van der Waals surface area contributed by atoms with Crippen molar-refractivity contribution in [2.45, 2.75) is 32.0 Å². The van der Waals surface area contributed by atoms with Gasteiger partial charge in [-0.15, -0.1) is 11.3 Å². The predicted molar refractivity (Wildman–Crippen MR) is 110 cm³/mol. The lowest BCUT2D eigenvalue weighted by molar-refractivity contribution is -0.113. The van der Waals surface area contributed by atoms with Gasteiger partial charge in [0.25, 0.3) is 5.56 Å². The van der Waals surface area contributed by atoms with Gasteiger partial charge in [-0.05, 0) is 42.5 Å². The van der Waals surface area contributed by atoms with Crippen LogP contribution in [0.25, 0.3) is 10.2 Å². The minimum atomic E-state index is -0.164. The Bertz CT molecular complexity index is 1010. The summed E-state index contributed by atoms with van der Waals surface area (Å²) in [4.78, 5) is 29.5. The molecule has 1 amide bonds. The summed E-state index contributed by atoms with van der Waals surface area (Å²) in [5.74, 6) is 0.000621. The molecule has 0 saturated carbocycles. The molecule has 0 atom stereocenters. The molecule has 2 heterocycles. The van der Waals surface area contributed by atoms with Crippen LogP contribution in [0.15, 0.2) is 39.6 Å². The Labute approximate surface area is 164 Å². The van der Waals surface area contributed by atoms with Crippen molar-refractivity contribution in [1.29, 1.82) is 0 Å². The number of thiophene rings is 1. The molecule has 0 fully saturated rings. The highest BCUT2D eigenvalue weighted by molar-refractivity contribution is 7.99. The van der Waals surface area contributed by atoms with Crippen LogP contribution in [0.1, 0.15) is 18.9 Å². The van der Waals surface area contributed by atoms with Crippen molar-refractivity contribution in [3.05, 3.63) is 50.6 Å². The van der Waals surface area contributed by atoms with E-state index in [1.54, 1.807) is 16.7 Å². The van der Waals surface area contributed by atoms with E-state index in [0.29, 0.717) is 32.6 Å². The molecule has 3 aromatic rings. The van der Waals surface area contributed by atoms with E-state index in [1.807, 2.05) is 31.4 Å². The number of hydrogen-bond acceptors (Lipinski definition) is 5. The summed E-state index contributed by atoms with van der Waals surface area (Å²) in [6.45, 7) is 4.45. The maximum Gasteiger partial charge on any atom is 0.272 e. The van der Waals surface area contributed by atoms with Crippen LogP contribution in [0.2, 0.25) is 5.02 Å². The molecule has 0 spiro atoms. The summed E-state index contributed by atoms with van der Waals surface area (Å²) < 4.78 is 2.31. The summed E-state index contributed by atoms with van der Waals surface area (Å²) in [6.07, 6.45) is 0.819. The number of anilines is 1. The van der Waals surface area contributed by atoms with E-state index in [1.165, 1.54) is 23.1 Å². The maximum absolute atomic E-state index is 12.6. The molecule has 8 heteroatoms. The quantitative estimate of drug-likeness (QED) is 0.480. The molecule has 0 aliphatic carbocycles. The monoisotopic (exact) mass is 407 g/mol. The first-order valence-corrected chi connectivity index (χ1v) is 10.4. The van der Waals surface area contributed by atoms with Crippen LogP contribution in [0.5, 0.6) is 0 Å². The largest absolute Gasteiger partial charge is 0.325 e. The van der Waals surface area contributed by atoms with Crippen LogP contribution < -0.4 is 10.9 Å². The van der Waals surface area contributed by atoms with Crippen molar-refractivity contribution < 1.29 is 4.79 Å². The lowest BCUT2D eigenvalue weighted by Gasteiger charge is -2.12. The Morgan fingerprint density at radius 2 is 2.19 bits per heavy atom. The summed E-state index contributed by atoms with van der Waals surface area (Å²) in [5.41, 5.74) is 2.16. The number of nitrogens with one attached hydrogen (secondary N) is 1. The number of benzene rings is 1. The van der Waals surface area contributed by atoms with Gasteiger partial charge in [0.15, 0.2) is 5.16 Å². The molecule has 5 nitrogen and oxygen atoms in total. The lowest BCUT2D eigenvalue weighted by Crippen LogP contribution is -2.23. The first-order chi connectivity index (χ1) is 12.5. The van der Waals surface area contributed by atoms with E-state index in [-0.39, 0.29) is 17.2 Å². The highest BCUT2D eigenvalue weighted by atomic mass is 35.5. The molecule has 0 aliphatic heterocycles. The Morgan fingerprint density at radius 3 is 2.96 bits per heavy atom. The van der Waals surface area contributed by atoms with Gasteiger partial charge in [0.2, 0.25) is 5.91 Å². The Kier molecular flexibility index (Phi) is 6.01. The molecular weight excluding hydrogens is 390 g/mol. The number of halogens is 1. The van der Waals surface area contributed by atoms with Crippen molar-refractivity contribution >= 4 is 56.5 Å². The smallest absolute Gasteiger partial charge is 0.272 e. The number of nitrogens with zero attached hydrogens (tertiary/aromatic N) is 2. The number of thioether (sulfide) groups is 1. The zero-order valence-corrected chi connectivity index (χ0v) is 16.8. The summed E-state index contributed by atoms with van der Waals surface area (Å²) in [7, 11) is 0. The first-order valence-electron chi connectivity index (χ1n) is 8.17. The number of rotatable bonds is 6. The molecular formula is C18H18ClN3O2S2. The summed E-state index contributed by atoms with van der Waals surface area (Å²) >= 11 is 8.75. The highest BCUT2D eigenvalue weighted by Crippen LogP contribution is 2.24. The van der Waals surface area contributed by atoms with Crippen LogP contribution >= 0.6 is 34.7 Å². The van der Waals surface area contributed by atoms with Crippen molar-refractivity contribution in [3.63, 3.8) is 0 Å². The minimum Gasteiger partial charge on any atom is -0.325 e. The van der Waals surface area contributed by atoms with Crippen LogP contribution in [0.3, 0.4) is 0 Å². The second-order valence-electron chi connectivity index (χ2n) is 5.74. The average molecular weight is 408 g/mol. The van der Waals surface area contributed by atoms with Gasteiger partial charge in [-0.3, -0.25) is 14.2 Å². The van der Waals surface area contributed by atoms with Crippen molar-refractivity contribution in [1.82, 2.24) is 9.55 Å². The number of fused-ring (bicyclic) bond motifs is 1. The van der Waals surface area contributed by atoms with Crippen molar-refractivity contribution in [2.75, 3.05) is 11.1 Å². The molecule has 1 N–H and O–H groups in total. The van der Waals surface area contributed by atoms with Crippen LogP contribution in [0.4, 0.5) is 5.69 Å². The molecule has 0 saturated heterocycles. The second-order valence-corrected chi connectivity index (χ2v) is 8.00. The normalized spacial score (nSPS) is 11.0. The average Bonchev–Trinajstić information content (AvgIpc) is 3.09. The third-order valence-electron chi connectivity index (χ3n) is 3.85. The van der Waals surface area contributed by atoms with Gasteiger partial charge < -0.3 is 5.32 Å². The molecule has 136 valence electrons. The fourth-order valence-electron chi connectivity index (χ4n) is 2.51. The van der Waals surface area contributed by atoms with Crippen molar-refractivity contribution in [3.8, 4) is 0 Å². The molecule has 0 bridgehead atoms. The number of amides is 1. The number of aromatic nitrogens is 2. The van der Waals surface area contributed by atoms with Gasteiger partial charge in [0.1, 0.15) is 4.70 Å². The molecule has 0 unspecified atom stereocenters. The molecule has 1 aromatic carbocycles. The minimum absolute atomic E-state index is 0.0413. The fourth-order valence-corrected chi connectivity index (χ4v) is 4.29. The van der Waals surface area contributed by atoms with E-state index in [4.69, 9.17) is 11.6 Å². The van der Waals surface area contributed by atoms with E-state index in [0.717, 1.165) is 12.0 Å². The summed E-state index contributed by atoms with van der Waals surface area (Å²) in [6, 6.07) is 7.22. The number of hydrogen-bond donors (Lipinski definition) is 1. The van der Waals surface area contributed by atoms with E-state index in [2.05, 4.69) is 10.3 Å². The van der Waals surface area contributed by atoms with Gasteiger partial charge in [-0.2, -0.15) is 0 Å². The Morgan fingerprint density at radius 1 is 1.38 bits per heavy atom. The predicted octanol–water partition coefficient (Wildman–Crippen LogP) is 4.56. The van der Waals surface area contributed by atoms with Crippen LogP contribution in [-0.2, 0) is 11.3 Å². The topological polar surface area (TPSA) is 64.0 Å². The molecule has 0 aliphatic rings. The van der Waals surface area contributed by atoms with Crippen LogP contribution in [-0.4, -0.2) is 21.2 Å². The zero-order valence-electron chi connectivity index (χ0n) is 14.4. The van der Waals surface area contributed by atoms with Gasteiger partial charge in [-0.25, -0.2) is 4.98 Å². The third-order valence-corrected chi connectivity index (χ3v) is 6.13. The Balaban J connectivity index is 1.78. The van der Waals surface area contributed by atoms with E-state index in [9.17, 15) is 9.59 Å². The zero-order chi connectivity index (χ0) is 18.7. The Hall–Kier alpha value is -1.83. The van der Waals surface area contributed by atoms with Gasteiger partial charge in [-0.1, -0.05) is 36.4 Å². The van der Waals surface area contributed by atoms with Gasteiger partial charge in [0.05, 0.1) is 11.3 Å². The molecule has 2 aromatic heterocycles. The maximum atomic E-state index is 12.6. The number of carbonyl (C=O) groups excluding carboxylic acids is 1. The summed E-state index contributed by atoms with van der Waals surface area (Å²) in [5, 5.41) is 5.90. The molecule has 0 radical (unpaired) electrons. The highest BCUT2D eigenvalue weighted by Gasteiger charge is 2.14. The fraction of sp³-hybridized carbons (Fsp3) is 0.278. The second kappa shape index (κ2) is 8.24. The van der Waals surface area contributed by atoms with Crippen molar-refractivity contribution in [2.24, 2.45) is 0 Å². The number of carbonyl (C=O) groups is 1. The van der Waals surface area contributed by atoms with Gasteiger partial charge in [0, 0.05) is 17.3 Å². The first kappa shape index (κ1) is 18.9.